The van der Waals surface area contributed by atoms with E-state index in [4.69, 9.17) is 4.74 Å². The van der Waals surface area contributed by atoms with Crippen molar-refractivity contribution in [1.82, 2.24) is 0 Å². The van der Waals surface area contributed by atoms with Crippen LogP contribution in [0.25, 0.3) is 0 Å². The van der Waals surface area contributed by atoms with E-state index in [0.29, 0.717) is 6.61 Å². The van der Waals surface area contributed by atoms with Crippen LogP contribution in [0.1, 0.15) is 116 Å². The molecule has 0 aliphatic heterocycles. The summed E-state index contributed by atoms with van der Waals surface area (Å²) in [5.74, 6) is -0.112. The average molecular weight is 522 g/mol. The third-order valence-corrected chi connectivity index (χ3v) is 24.8. The number of carbonyl (C=O) groups excluding carboxylic acids is 1. The zero-order chi connectivity index (χ0) is 19.9. The molecule has 3 saturated carbocycles. The number of esters is 1. The van der Waals surface area contributed by atoms with Crippen LogP contribution in [0.3, 0.4) is 0 Å². The van der Waals surface area contributed by atoms with Gasteiger partial charge in [0.2, 0.25) is 0 Å². The summed E-state index contributed by atoms with van der Waals surface area (Å²) in [4.78, 5) is 11.2. The molecule has 28 heavy (non-hydrogen) atoms. The Morgan fingerprint density at radius 2 is 1.14 bits per heavy atom. The molecule has 4 heteroatoms. The van der Waals surface area contributed by atoms with Crippen molar-refractivity contribution in [2.45, 2.75) is 133 Å². The Bertz CT molecular complexity index is 443. The van der Waals surface area contributed by atoms with Gasteiger partial charge in [0.25, 0.3) is 0 Å². The van der Waals surface area contributed by atoms with Crippen LogP contribution < -0.4 is 0 Å². The maximum atomic E-state index is 11.2. The van der Waals surface area contributed by atoms with Gasteiger partial charge < -0.3 is 0 Å². The number of halogens is 1. The molecule has 164 valence electrons. The first-order valence-corrected chi connectivity index (χ1v) is 17.8. The van der Waals surface area contributed by atoms with Crippen LogP contribution in [-0.2, 0) is 9.53 Å². The molecular formula is C24H44IO2P. The van der Waals surface area contributed by atoms with Crippen molar-refractivity contribution in [1.29, 1.82) is 0 Å². The van der Waals surface area contributed by atoms with Gasteiger partial charge in [-0.1, -0.05) is 0 Å². The fourth-order valence-corrected chi connectivity index (χ4v) is 21.6. The molecule has 0 aromatic carbocycles. The number of rotatable bonds is 8. The van der Waals surface area contributed by atoms with E-state index in [9.17, 15) is 4.79 Å². The minimum atomic E-state index is -1.85. The summed E-state index contributed by atoms with van der Waals surface area (Å²) in [6.45, 7) is 2.18. The van der Waals surface area contributed by atoms with Crippen LogP contribution in [0.15, 0.2) is 0 Å². The van der Waals surface area contributed by atoms with Gasteiger partial charge in [0.15, 0.2) is 0 Å². The SMILES string of the molecule is CC(=O)OCCCCP(I)(C1CCCCC1)(C1CCCCC1)C1CCCCC1. The number of unbranched alkanes of at least 4 members (excludes halogenated alkanes) is 1. The summed E-state index contributed by atoms with van der Waals surface area (Å²) in [7, 11) is 0. The normalized spacial score (nSPS) is 25.1. The van der Waals surface area contributed by atoms with Crippen molar-refractivity contribution in [2.24, 2.45) is 0 Å². The summed E-state index contributed by atoms with van der Waals surface area (Å²) in [5, 5.41) is 0. The molecule has 0 aromatic rings. The van der Waals surface area contributed by atoms with Crippen molar-refractivity contribution in [3.05, 3.63) is 0 Å². The average Bonchev–Trinajstić information content (AvgIpc) is 2.75. The molecule has 3 aliphatic carbocycles. The third kappa shape index (κ3) is 5.09. The van der Waals surface area contributed by atoms with E-state index in [-0.39, 0.29) is 5.97 Å². The Morgan fingerprint density at radius 1 is 0.750 bits per heavy atom. The predicted molar refractivity (Wildman–Crippen MR) is 132 cm³/mol. The molecule has 0 radical (unpaired) electrons. The van der Waals surface area contributed by atoms with Crippen molar-refractivity contribution < 1.29 is 9.53 Å². The van der Waals surface area contributed by atoms with Crippen LogP contribution in [0.5, 0.6) is 0 Å². The van der Waals surface area contributed by atoms with Crippen LogP contribution in [0, 0.1) is 0 Å². The molecule has 0 bridgehead atoms. The predicted octanol–water partition coefficient (Wildman–Crippen LogP) is 8.23. The minimum absolute atomic E-state index is 0.112. The zero-order valence-corrected chi connectivity index (χ0v) is 21.4. The van der Waals surface area contributed by atoms with Crippen LogP contribution in [-0.4, -0.2) is 35.7 Å². The second kappa shape index (κ2) is 10.8. The Hall–Kier alpha value is 0.630. The van der Waals surface area contributed by atoms with Crippen molar-refractivity contribution in [3.8, 4) is 0 Å². The topological polar surface area (TPSA) is 26.3 Å². The number of hydrogen-bond donors (Lipinski definition) is 0. The fraction of sp³-hybridized carbons (Fsp3) is 0.958. The first-order chi connectivity index (χ1) is 13.6. The second-order valence-corrected chi connectivity index (χ2v) is 22.6. The zero-order valence-electron chi connectivity index (χ0n) is 18.3. The van der Waals surface area contributed by atoms with Crippen LogP contribution in [0.4, 0.5) is 0 Å². The van der Waals surface area contributed by atoms with E-state index >= 15 is 0 Å². The Morgan fingerprint density at radius 3 is 1.50 bits per heavy atom. The van der Waals surface area contributed by atoms with Gasteiger partial charge in [0, 0.05) is 0 Å². The first-order valence-electron chi connectivity index (χ1n) is 12.4. The van der Waals surface area contributed by atoms with Gasteiger partial charge in [-0.15, -0.1) is 0 Å². The molecule has 3 rings (SSSR count). The standard InChI is InChI=1S/C24H44IO2P/c1-21(26)27-19-11-12-20-28(25,22-13-5-2-6-14-22,23-15-7-3-8-16-23)24-17-9-4-10-18-24/h22-24H,2-20H2,1H3. The van der Waals surface area contributed by atoms with E-state index in [1.54, 1.807) is 6.92 Å². The molecule has 3 fully saturated rings. The molecule has 0 heterocycles. The van der Waals surface area contributed by atoms with E-state index in [1.165, 1.54) is 109 Å². The molecule has 0 atom stereocenters. The molecule has 0 saturated heterocycles. The molecule has 0 spiro atoms. The fourth-order valence-electron chi connectivity index (χ4n) is 7.18. The Balaban J connectivity index is 1.86. The number of hydrogen-bond acceptors (Lipinski definition) is 2. The summed E-state index contributed by atoms with van der Waals surface area (Å²) in [6, 6.07) is 0. The second-order valence-electron chi connectivity index (χ2n) is 10.1. The van der Waals surface area contributed by atoms with E-state index in [2.05, 4.69) is 22.0 Å². The van der Waals surface area contributed by atoms with Gasteiger partial charge in [0.1, 0.15) is 0 Å². The van der Waals surface area contributed by atoms with E-state index < -0.39 is 4.25 Å². The molecule has 0 amide bonds. The van der Waals surface area contributed by atoms with Crippen molar-refractivity contribution >= 4 is 32.3 Å². The van der Waals surface area contributed by atoms with Gasteiger partial charge in [0.05, 0.1) is 0 Å². The van der Waals surface area contributed by atoms with Crippen LogP contribution in [0.2, 0.25) is 0 Å². The quantitative estimate of drug-likeness (QED) is 0.139. The van der Waals surface area contributed by atoms with Crippen molar-refractivity contribution in [2.75, 3.05) is 12.8 Å². The summed E-state index contributed by atoms with van der Waals surface area (Å²) >= 11 is 3.25. The molecule has 3 aliphatic rings. The van der Waals surface area contributed by atoms with E-state index in [0.717, 1.165) is 23.4 Å². The Labute approximate surface area is 187 Å². The number of ether oxygens (including phenoxy) is 1. The summed E-state index contributed by atoms with van der Waals surface area (Å²) in [6.07, 6.45) is 26.3. The van der Waals surface area contributed by atoms with Gasteiger partial charge in [-0.2, -0.15) is 0 Å². The molecule has 0 unspecified atom stereocenters. The van der Waals surface area contributed by atoms with E-state index in [1.807, 2.05) is 0 Å². The molecular weight excluding hydrogens is 478 g/mol. The summed E-state index contributed by atoms with van der Waals surface area (Å²) in [5.41, 5.74) is 3.13. The number of carbonyl (C=O) groups is 1. The molecule has 0 N–H and O–H groups in total. The maximum absolute atomic E-state index is 11.2. The third-order valence-electron chi connectivity index (χ3n) is 8.51. The van der Waals surface area contributed by atoms with Crippen LogP contribution >= 0.6 is 26.3 Å². The van der Waals surface area contributed by atoms with Gasteiger partial charge in [-0.05, 0) is 0 Å². The van der Waals surface area contributed by atoms with Gasteiger partial charge in [-0.25, -0.2) is 0 Å². The van der Waals surface area contributed by atoms with Gasteiger partial charge >= 0.3 is 188 Å². The van der Waals surface area contributed by atoms with Gasteiger partial charge in [-0.3, -0.25) is 0 Å². The Kier molecular flexibility index (Phi) is 8.97. The molecule has 0 aromatic heterocycles. The summed E-state index contributed by atoms with van der Waals surface area (Å²) < 4.78 is 3.45. The monoisotopic (exact) mass is 522 g/mol. The first kappa shape index (κ1) is 23.3. The van der Waals surface area contributed by atoms with Crippen molar-refractivity contribution in [3.63, 3.8) is 0 Å². The molecule has 2 nitrogen and oxygen atoms in total.